The number of nitrogens with one attached hydrogen (secondary N) is 1. The van der Waals surface area contributed by atoms with E-state index in [1.807, 2.05) is 0 Å². The van der Waals surface area contributed by atoms with E-state index in [0.29, 0.717) is 29.3 Å². The molecular formula is C25H28N4O6. The molecule has 0 aromatic heterocycles. The number of carbonyl (C=O) groups is 3. The smallest absolute Gasteiger partial charge is 0.315 e. The highest BCUT2D eigenvalue weighted by Crippen LogP contribution is 2.30. The van der Waals surface area contributed by atoms with Crippen LogP contribution < -0.4 is 16.0 Å². The summed E-state index contributed by atoms with van der Waals surface area (Å²) in [6, 6.07) is 12.1. The van der Waals surface area contributed by atoms with E-state index in [1.165, 1.54) is 12.0 Å². The Bertz CT molecular complexity index is 1210. The molecule has 2 unspecified atom stereocenters. The molecule has 184 valence electrons. The van der Waals surface area contributed by atoms with Gasteiger partial charge in [-0.2, -0.15) is 0 Å². The fourth-order valence-corrected chi connectivity index (χ4v) is 4.19. The van der Waals surface area contributed by atoms with Crippen LogP contribution in [0.4, 0.5) is 11.4 Å². The summed E-state index contributed by atoms with van der Waals surface area (Å²) in [5, 5.41) is 13.3. The van der Waals surface area contributed by atoms with Crippen molar-refractivity contribution in [3.05, 3.63) is 59.2 Å². The molecule has 4 N–H and O–H groups in total. The first-order chi connectivity index (χ1) is 16.6. The SMILES string of the molecule is COC(=O)C(C)(C)c1cccc(N2CCOC(C(O)C(=O)Nc3ccc4c(c3)CN=C4N)C2=O)c1. The molecule has 0 aliphatic carbocycles. The lowest BCUT2D eigenvalue weighted by molar-refractivity contribution is -0.150. The minimum Gasteiger partial charge on any atom is -0.468 e. The predicted molar refractivity (Wildman–Crippen MR) is 129 cm³/mol. The van der Waals surface area contributed by atoms with Gasteiger partial charge in [0, 0.05) is 23.5 Å². The molecular weight excluding hydrogens is 452 g/mol. The Morgan fingerprint density at radius 3 is 2.80 bits per heavy atom. The fraction of sp³-hybridized carbons (Fsp3) is 0.360. The predicted octanol–water partition coefficient (Wildman–Crippen LogP) is 1.09. The second-order valence-corrected chi connectivity index (χ2v) is 8.96. The van der Waals surface area contributed by atoms with Crippen molar-refractivity contribution in [3.63, 3.8) is 0 Å². The highest BCUT2D eigenvalue weighted by Gasteiger charge is 2.40. The van der Waals surface area contributed by atoms with Gasteiger partial charge in [0.1, 0.15) is 5.84 Å². The third-order valence-electron chi connectivity index (χ3n) is 6.32. The van der Waals surface area contributed by atoms with Crippen molar-refractivity contribution in [3.8, 4) is 0 Å². The van der Waals surface area contributed by atoms with Crippen LogP contribution in [0.1, 0.15) is 30.5 Å². The highest BCUT2D eigenvalue weighted by molar-refractivity contribution is 6.05. The number of methoxy groups -OCH3 is 1. The summed E-state index contributed by atoms with van der Waals surface area (Å²) in [6.45, 7) is 4.24. The summed E-state index contributed by atoms with van der Waals surface area (Å²) < 4.78 is 10.4. The van der Waals surface area contributed by atoms with E-state index in [9.17, 15) is 19.5 Å². The number of nitrogens with two attached hydrogens (primary N) is 1. The first kappa shape index (κ1) is 24.4. The number of hydrogen-bond acceptors (Lipinski definition) is 8. The van der Waals surface area contributed by atoms with Crippen LogP contribution in [0.25, 0.3) is 0 Å². The summed E-state index contributed by atoms with van der Waals surface area (Å²) in [4.78, 5) is 43.8. The summed E-state index contributed by atoms with van der Waals surface area (Å²) in [5.41, 5.74) is 8.21. The van der Waals surface area contributed by atoms with E-state index < -0.39 is 35.4 Å². The van der Waals surface area contributed by atoms with Crippen molar-refractivity contribution in [1.82, 2.24) is 0 Å². The second kappa shape index (κ2) is 9.47. The molecule has 0 spiro atoms. The molecule has 0 bridgehead atoms. The Morgan fingerprint density at radius 1 is 1.29 bits per heavy atom. The summed E-state index contributed by atoms with van der Waals surface area (Å²) in [7, 11) is 1.32. The van der Waals surface area contributed by atoms with E-state index in [0.717, 1.165) is 11.1 Å². The molecule has 2 aromatic carbocycles. The summed E-state index contributed by atoms with van der Waals surface area (Å²) in [5.74, 6) is -1.29. The molecule has 4 rings (SSSR count). The van der Waals surface area contributed by atoms with Gasteiger partial charge in [0.2, 0.25) is 0 Å². The van der Waals surface area contributed by atoms with Gasteiger partial charge in [0.15, 0.2) is 12.2 Å². The zero-order valence-corrected chi connectivity index (χ0v) is 19.8. The zero-order chi connectivity index (χ0) is 25.3. The van der Waals surface area contributed by atoms with E-state index >= 15 is 0 Å². The molecule has 2 amide bonds. The van der Waals surface area contributed by atoms with Gasteiger partial charge in [-0.15, -0.1) is 0 Å². The Hall–Kier alpha value is -3.76. The van der Waals surface area contributed by atoms with Crippen LogP contribution >= 0.6 is 0 Å². The number of aliphatic imine (C=N–C) groups is 1. The molecule has 2 aromatic rings. The molecule has 2 aliphatic rings. The number of amides is 2. The molecule has 0 radical (unpaired) electrons. The minimum atomic E-state index is -1.73. The number of fused-ring (bicyclic) bond motifs is 1. The lowest BCUT2D eigenvalue weighted by Crippen LogP contribution is -2.55. The molecule has 2 aliphatic heterocycles. The third-order valence-corrected chi connectivity index (χ3v) is 6.32. The number of hydrogen-bond donors (Lipinski definition) is 3. The van der Waals surface area contributed by atoms with Crippen LogP contribution in [-0.2, 0) is 35.8 Å². The minimum absolute atomic E-state index is 0.126. The summed E-state index contributed by atoms with van der Waals surface area (Å²) >= 11 is 0. The number of morpholine rings is 1. The fourth-order valence-electron chi connectivity index (χ4n) is 4.19. The van der Waals surface area contributed by atoms with Crippen LogP contribution in [0, 0.1) is 0 Å². The molecule has 10 heteroatoms. The number of ether oxygens (including phenoxy) is 2. The maximum atomic E-state index is 13.2. The number of esters is 1. The zero-order valence-electron chi connectivity index (χ0n) is 19.8. The van der Waals surface area contributed by atoms with E-state index in [4.69, 9.17) is 15.2 Å². The van der Waals surface area contributed by atoms with Crippen LogP contribution in [-0.4, -0.2) is 61.2 Å². The molecule has 2 atom stereocenters. The van der Waals surface area contributed by atoms with Crippen molar-refractivity contribution in [2.75, 3.05) is 30.5 Å². The Balaban J connectivity index is 1.49. The van der Waals surface area contributed by atoms with E-state index in [-0.39, 0.29) is 13.2 Å². The first-order valence-corrected chi connectivity index (χ1v) is 11.2. The van der Waals surface area contributed by atoms with Gasteiger partial charge < -0.3 is 30.5 Å². The maximum Gasteiger partial charge on any atom is 0.315 e. The van der Waals surface area contributed by atoms with Crippen LogP contribution in [0.15, 0.2) is 47.5 Å². The lowest BCUT2D eigenvalue weighted by atomic mass is 9.84. The molecule has 1 saturated heterocycles. The number of anilines is 2. The van der Waals surface area contributed by atoms with E-state index in [2.05, 4.69) is 10.3 Å². The summed E-state index contributed by atoms with van der Waals surface area (Å²) in [6.07, 6.45) is -3.11. The van der Waals surface area contributed by atoms with Gasteiger partial charge in [-0.25, -0.2) is 0 Å². The highest BCUT2D eigenvalue weighted by atomic mass is 16.5. The Kier molecular flexibility index (Phi) is 6.60. The van der Waals surface area contributed by atoms with Gasteiger partial charge >= 0.3 is 5.97 Å². The lowest BCUT2D eigenvalue weighted by Gasteiger charge is -2.34. The van der Waals surface area contributed by atoms with Crippen molar-refractivity contribution in [1.29, 1.82) is 0 Å². The maximum absolute atomic E-state index is 13.2. The average molecular weight is 481 g/mol. The topological polar surface area (TPSA) is 144 Å². The Morgan fingerprint density at radius 2 is 2.06 bits per heavy atom. The first-order valence-electron chi connectivity index (χ1n) is 11.2. The number of amidine groups is 1. The molecule has 1 fully saturated rings. The quantitative estimate of drug-likeness (QED) is 0.525. The second-order valence-electron chi connectivity index (χ2n) is 8.96. The van der Waals surface area contributed by atoms with Crippen LogP contribution in [0.5, 0.6) is 0 Å². The number of aliphatic hydroxyl groups excluding tert-OH is 1. The molecule has 0 saturated carbocycles. The van der Waals surface area contributed by atoms with Crippen molar-refractivity contribution in [2.45, 2.75) is 38.0 Å². The molecule has 10 nitrogen and oxygen atoms in total. The van der Waals surface area contributed by atoms with Crippen molar-refractivity contribution in [2.24, 2.45) is 10.7 Å². The number of carbonyl (C=O) groups excluding carboxylic acids is 3. The van der Waals surface area contributed by atoms with Gasteiger partial charge in [-0.1, -0.05) is 12.1 Å². The van der Waals surface area contributed by atoms with Gasteiger partial charge in [-0.05, 0) is 55.3 Å². The largest absolute Gasteiger partial charge is 0.468 e. The number of aliphatic hydroxyl groups is 1. The average Bonchev–Trinajstić information content (AvgIpc) is 3.23. The normalized spacial score (nSPS) is 18.5. The number of rotatable bonds is 6. The van der Waals surface area contributed by atoms with Crippen molar-refractivity contribution < 1.29 is 29.0 Å². The van der Waals surface area contributed by atoms with Gasteiger partial charge in [-0.3, -0.25) is 19.4 Å². The third kappa shape index (κ3) is 4.62. The van der Waals surface area contributed by atoms with Gasteiger partial charge in [0.05, 0.1) is 25.7 Å². The van der Waals surface area contributed by atoms with Crippen molar-refractivity contribution >= 4 is 35.0 Å². The molecule has 2 heterocycles. The van der Waals surface area contributed by atoms with Crippen LogP contribution in [0.2, 0.25) is 0 Å². The number of nitrogens with zero attached hydrogens (tertiary/aromatic N) is 2. The molecule has 35 heavy (non-hydrogen) atoms. The van der Waals surface area contributed by atoms with Gasteiger partial charge in [0.25, 0.3) is 11.8 Å². The van der Waals surface area contributed by atoms with E-state index in [1.54, 1.807) is 56.3 Å². The standard InChI is InChI=1S/C25H28N4O6/c1-25(2,24(33)34-3)15-5-4-6-17(12-15)29-9-10-35-20(23(29)32)19(30)22(31)28-16-7-8-18-14(11-16)13-27-21(18)26/h4-8,11-12,19-20,30H,9-10,13H2,1-3H3,(H2,26,27)(H,28,31). The number of benzene rings is 2. The van der Waals surface area contributed by atoms with Crippen LogP contribution in [0.3, 0.4) is 0 Å². The monoisotopic (exact) mass is 480 g/mol. The Labute approximate surface area is 202 Å².